The molecule has 1 amide bonds. The molecule has 0 saturated carbocycles. The molecule has 174 valence electrons. The molecule has 33 heavy (non-hydrogen) atoms. The van der Waals surface area contributed by atoms with Gasteiger partial charge in [0, 0.05) is 11.0 Å². The second kappa shape index (κ2) is 11.9. The Labute approximate surface area is 195 Å². The van der Waals surface area contributed by atoms with Gasteiger partial charge in [-0.15, -0.1) is 11.8 Å². The summed E-state index contributed by atoms with van der Waals surface area (Å²) in [5, 5.41) is 6.46. The van der Waals surface area contributed by atoms with Gasteiger partial charge in [0.25, 0.3) is 5.91 Å². The average molecular weight is 472 g/mol. The predicted octanol–water partition coefficient (Wildman–Crippen LogP) is 4.26. The number of carbonyl (C=O) groups is 2. The number of carbonyl (C=O) groups excluding carboxylic acids is 2. The van der Waals surface area contributed by atoms with E-state index in [0.717, 1.165) is 0 Å². The highest BCUT2D eigenvalue weighted by molar-refractivity contribution is 7.98. The van der Waals surface area contributed by atoms with Crippen LogP contribution in [0.4, 0.5) is 5.69 Å². The number of amides is 1. The number of aromatic nitrogens is 2. The number of benzene rings is 2. The van der Waals surface area contributed by atoms with Crippen LogP contribution in [-0.4, -0.2) is 41.8 Å². The average Bonchev–Trinajstić information content (AvgIpc) is 3.23. The molecule has 1 N–H and O–H groups in total. The van der Waals surface area contributed by atoms with Gasteiger partial charge in [-0.25, -0.2) is 4.79 Å². The van der Waals surface area contributed by atoms with Crippen LogP contribution in [0.2, 0.25) is 0 Å². The van der Waals surface area contributed by atoms with Gasteiger partial charge in [-0.05, 0) is 45.0 Å². The van der Waals surface area contributed by atoms with E-state index in [-0.39, 0.29) is 0 Å². The molecule has 0 aliphatic heterocycles. The third-order valence-corrected chi connectivity index (χ3v) is 5.26. The van der Waals surface area contributed by atoms with Gasteiger partial charge in [-0.2, -0.15) is 4.98 Å². The molecule has 0 aliphatic rings. The van der Waals surface area contributed by atoms with Gasteiger partial charge in [0.05, 0.1) is 30.2 Å². The molecule has 0 spiro atoms. The quantitative estimate of drug-likeness (QED) is 0.324. The van der Waals surface area contributed by atoms with Crippen molar-refractivity contribution in [2.24, 2.45) is 0 Å². The predicted molar refractivity (Wildman–Crippen MR) is 123 cm³/mol. The minimum Gasteiger partial charge on any atom is -0.494 e. The number of rotatable bonds is 11. The largest absolute Gasteiger partial charge is 0.494 e. The Morgan fingerprint density at radius 3 is 2.61 bits per heavy atom. The second-order valence-electron chi connectivity index (χ2n) is 6.67. The fourth-order valence-corrected chi connectivity index (χ4v) is 3.72. The zero-order chi connectivity index (χ0) is 23.6. The van der Waals surface area contributed by atoms with E-state index in [2.05, 4.69) is 15.5 Å². The summed E-state index contributed by atoms with van der Waals surface area (Å²) >= 11 is 1.36. The molecule has 1 heterocycles. The standard InChI is InChI=1S/C23H25N3O6S/c1-4-29-16-10-11-19(30-5-2)18(12-16)25-21(27)13-31-23(28)17-8-6-7-9-20(17)33-14-22-24-15(3)26-32-22/h6-12H,4-5,13-14H2,1-3H3,(H,25,27). The monoisotopic (exact) mass is 471 g/mol. The Morgan fingerprint density at radius 1 is 1.09 bits per heavy atom. The third kappa shape index (κ3) is 6.98. The molecule has 10 heteroatoms. The van der Waals surface area contributed by atoms with Crippen molar-refractivity contribution in [3.63, 3.8) is 0 Å². The summed E-state index contributed by atoms with van der Waals surface area (Å²) in [4.78, 5) is 29.9. The highest BCUT2D eigenvalue weighted by Crippen LogP contribution is 2.30. The smallest absolute Gasteiger partial charge is 0.339 e. The number of nitrogens with zero attached hydrogens (tertiary/aromatic N) is 2. The Hall–Kier alpha value is -3.53. The fraction of sp³-hybridized carbons (Fsp3) is 0.304. The van der Waals surface area contributed by atoms with Crippen molar-refractivity contribution in [3.05, 3.63) is 59.7 Å². The Balaban J connectivity index is 1.61. The summed E-state index contributed by atoms with van der Waals surface area (Å²) < 4.78 is 21.4. The van der Waals surface area contributed by atoms with E-state index in [1.54, 1.807) is 43.3 Å². The van der Waals surface area contributed by atoms with Crippen LogP contribution in [0.25, 0.3) is 0 Å². The normalized spacial score (nSPS) is 10.5. The van der Waals surface area contributed by atoms with Crippen LogP contribution in [0.3, 0.4) is 0 Å². The van der Waals surface area contributed by atoms with E-state index in [1.165, 1.54) is 11.8 Å². The Morgan fingerprint density at radius 2 is 1.88 bits per heavy atom. The maximum Gasteiger partial charge on any atom is 0.339 e. The molecule has 0 aliphatic carbocycles. The first kappa shape index (κ1) is 24.1. The lowest BCUT2D eigenvalue weighted by atomic mass is 10.2. The molecule has 1 aromatic heterocycles. The van der Waals surface area contributed by atoms with Crippen LogP contribution >= 0.6 is 11.8 Å². The third-order valence-electron chi connectivity index (χ3n) is 4.20. The molecule has 2 aromatic carbocycles. The summed E-state index contributed by atoms with van der Waals surface area (Å²) in [7, 11) is 0. The highest BCUT2D eigenvalue weighted by atomic mass is 32.2. The molecule has 0 bridgehead atoms. The number of esters is 1. The number of hydrogen-bond acceptors (Lipinski definition) is 9. The number of ether oxygens (including phenoxy) is 3. The maximum atomic E-state index is 12.6. The minimum absolute atomic E-state index is 0.347. The van der Waals surface area contributed by atoms with E-state index < -0.39 is 18.5 Å². The SMILES string of the molecule is CCOc1ccc(OCC)c(NC(=O)COC(=O)c2ccccc2SCc2nc(C)no2)c1. The van der Waals surface area contributed by atoms with Gasteiger partial charge in [0.1, 0.15) is 11.5 Å². The van der Waals surface area contributed by atoms with E-state index in [4.69, 9.17) is 18.7 Å². The minimum atomic E-state index is -0.608. The van der Waals surface area contributed by atoms with Crippen molar-refractivity contribution in [2.45, 2.75) is 31.4 Å². The van der Waals surface area contributed by atoms with E-state index in [0.29, 0.717) is 58.3 Å². The van der Waals surface area contributed by atoms with Crippen molar-refractivity contribution in [1.82, 2.24) is 10.1 Å². The van der Waals surface area contributed by atoms with Gasteiger partial charge in [0.15, 0.2) is 12.4 Å². The van der Waals surface area contributed by atoms with Crippen LogP contribution in [0.15, 0.2) is 51.9 Å². The van der Waals surface area contributed by atoms with Gasteiger partial charge in [0.2, 0.25) is 5.89 Å². The van der Waals surface area contributed by atoms with Crippen molar-refractivity contribution < 1.29 is 28.3 Å². The Kier molecular flexibility index (Phi) is 8.71. The number of nitrogens with one attached hydrogen (secondary N) is 1. The van der Waals surface area contributed by atoms with Gasteiger partial charge >= 0.3 is 5.97 Å². The highest BCUT2D eigenvalue weighted by Gasteiger charge is 2.17. The number of thioether (sulfide) groups is 1. The first-order valence-electron chi connectivity index (χ1n) is 10.4. The summed E-state index contributed by atoms with van der Waals surface area (Å²) in [5.74, 6) is 1.40. The molecular formula is C23H25N3O6S. The van der Waals surface area contributed by atoms with Crippen LogP contribution in [0, 0.1) is 6.92 Å². The summed E-state index contributed by atoms with van der Waals surface area (Å²) in [6, 6.07) is 12.1. The van der Waals surface area contributed by atoms with Crippen LogP contribution in [0.5, 0.6) is 11.5 Å². The van der Waals surface area contributed by atoms with Crippen LogP contribution in [-0.2, 0) is 15.3 Å². The molecule has 3 rings (SSSR count). The lowest BCUT2D eigenvalue weighted by Crippen LogP contribution is -2.21. The molecule has 0 atom stereocenters. The molecule has 0 fully saturated rings. The zero-order valence-electron chi connectivity index (χ0n) is 18.6. The van der Waals surface area contributed by atoms with Gasteiger partial charge in [-0.1, -0.05) is 17.3 Å². The number of anilines is 1. The fourth-order valence-electron chi connectivity index (χ4n) is 2.84. The number of hydrogen-bond donors (Lipinski definition) is 1. The summed E-state index contributed by atoms with van der Waals surface area (Å²) in [5.41, 5.74) is 0.787. The molecule has 0 radical (unpaired) electrons. The maximum absolute atomic E-state index is 12.6. The first-order valence-corrected chi connectivity index (χ1v) is 11.4. The molecule has 0 unspecified atom stereocenters. The summed E-state index contributed by atoms with van der Waals surface area (Å²) in [6.45, 7) is 5.92. The lowest BCUT2D eigenvalue weighted by Gasteiger charge is -2.14. The zero-order valence-corrected chi connectivity index (χ0v) is 19.4. The van der Waals surface area contributed by atoms with Crippen molar-refractivity contribution in [3.8, 4) is 11.5 Å². The van der Waals surface area contributed by atoms with E-state index in [9.17, 15) is 9.59 Å². The van der Waals surface area contributed by atoms with E-state index >= 15 is 0 Å². The van der Waals surface area contributed by atoms with Crippen molar-refractivity contribution in [2.75, 3.05) is 25.1 Å². The van der Waals surface area contributed by atoms with Crippen LogP contribution in [0.1, 0.15) is 35.9 Å². The Bertz CT molecular complexity index is 1100. The molecule has 0 saturated heterocycles. The van der Waals surface area contributed by atoms with Crippen LogP contribution < -0.4 is 14.8 Å². The number of aryl methyl sites for hydroxylation is 1. The second-order valence-corrected chi connectivity index (χ2v) is 7.69. The van der Waals surface area contributed by atoms with Gasteiger partial charge < -0.3 is 24.1 Å². The topological polar surface area (TPSA) is 113 Å². The van der Waals surface area contributed by atoms with Crippen molar-refractivity contribution in [1.29, 1.82) is 0 Å². The van der Waals surface area contributed by atoms with Crippen molar-refractivity contribution >= 4 is 29.3 Å². The molecule has 3 aromatic rings. The molecular weight excluding hydrogens is 446 g/mol. The van der Waals surface area contributed by atoms with E-state index in [1.807, 2.05) is 19.9 Å². The summed E-state index contributed by atoms with van der Waals surface area (Å²) in [6.07, 6.45) is 0. The van der Waals surface area contributed by atoms with Gasteiger partial charge in [-0.3, -0.25) is 4.79 Å². The molecule has 9 nitrogen and oxygen atoms in total. The first-order chi connectivity index (χ1) is 16.0. The lowest BCUT2D eigenvalue weighted by molar-refractivity contribution is -0.119.